The minimum Gasteiger partial charge on any atom is -0.487 e. The van der Waals surface area contributed by atoms with Crippen LogP contribution in [0.25, 0.3) is 0 Å². The molecule has 0 spiro atoms. The zero-order chi connectivity index (χ0) is 15.9. The van der Waals surface area contributed by atoms with Gasteiger partial charge in [0.2, 0.25) is 0 Å². The lowest BCUT2D eigenvalue weighted by atomic mass is 10.1. The van der Waals surface area contributed by atoms with Crippen LogP contribution in [0.2, 0.25) is 0 Å². The van der Waals surface area contributed by atoms with Crippen LogP contribution in [-0.4, -0.2) is 18.3 Å². The molecule has 0 aromatic heterocycles. The first-order valence-corrected chi connectivity index (χ1v) is 6.53. The molecule has 5 heteroatoms. The Hall–Kier alpha value is -2.58. The summed E-state index contributed by atoms with van der Waals surface area (Å²) in [4.78, 5) is 0. The lowest BCUT2D eigenvalue weighted by Crippen LogP contribution is -2.13. The van der Waals surface area contributed by atoms with Crippen LogP contribution in [0.5, 0.6) is 11.5 Å². The Morgan fingerprint density at radius 3 is 2.18 bits per heavy atom. The van der Waals surface area contributed by atoms with E-state index in [0.717, 1.165) is 12.1 Å². The van der Waals surface area contributed by atoms with Crippen LogP contribution in [-0.2, 0) is 0 Å². The maximum absolute atomic E-state index is 13.6. The molecule has 1 N–H and O–H groups in total. The maximum atomic E-state index is 13.6. The smallest absolute Gasteiger partial charge is 0.162 e. The van der Waals surface area contributed by atoms with Crippen molar-refractivity contribution in [3.63, 3.8) is 0 Å². The minimum absolute atomic E-state index is 0.0604. The number of rotatable bonds is 6. The predicted octanol–water partition coefficient (Wildman–Crippen LogP) is 3.09. The second-order valence-electron chi connectivity index (χ2n) is 4.40. The first-order chi connectivity index (χ1) is 10.6. The van der Waals surface area contributed by atoms with Crippen LogP contribution in [0.1, 0.15) is 11.7 Å². The zero-order valence-corrected chi connectivity index (χ0v) is 11.6. The van der Waals surface area contributed by atoms with Gasteiger partial charge in [0.05, 0.1) is 5.56 Å². The number of hydrogen-bond donors (Lipinski definition) is 1. The van der Waals surface area contributed by atoms with E-state index in [1.807, 2.05) is 0 Å². The summed E-state index contributed by atoms with van der Waals surface area (Å²) in [7, 11) is 0. The highest BCUT2D eigenvalue weighted by Crippen LogP contribution is 2.28. The fourth-order valence-corrected chi connectivity index (χ4v) is 1.89. The second kappa shape index (κ2) is 7.43. The molecule has 2 aromatic carbocycles. The molecule has 0 amide bonds. The monoisotopic (exact) mass is 304 g/mol. The standard InChI is InChI=1S/C17H14F2O3/c1-2-10-21-15-8-3-4-9-16(15)22-11-14(20)17-12(18)6-5-7-13(17)19/h1,3-9,14,20H,10-11H2. The van der Waals surface area contributed by atoms with Gasteiger partial charge in [0.15, 0.2) is 11.5 Å². The van der Waals surface area contributed by atoms with Crippen LogP contribution >= 0.6 is 0 Å². The fraction of sp³-hybridized carbons (Fsp3) is 0.176. The normalized spacial score (nSPS) is 11.5. The third-order valence-electron chi connectivity index (χ3n) is 2.89. The average molecular weight is 304 g/mol. The molecule has 3 nitrogen and oxygen atoms in total. The highest BCUT2D eigenvalue weighted by atomic mass is 19.1. The molecule has 0 saturated heterocycles. The summed E-state index contributed by atoms with van der Waals surface area (Å²) < 4.78 is 37.8. The van der Waals surface area contributed by atoms with Gasteiger partial charge in [-0.05, 0) is 24.3 Å². The van der Waals surface area contributed by atoms with Crippen molar-refractivity contribution in [3.05, 3.63) is 59.7 Å². The van der Waals surface area contributed by atoms with Crippen LogP contribution in [0.4, 0.5) is 8.78 Å². The van der Waals surface area contributed by atoms with E-state index in [2.05, 4.69) is 5.92 Å². The molecule has 0 saturated carbocycles. The molecule has 0 bridgehead atoms. The molecule has 0 aliphatic carbocycles. The van der Waals surface area contributed by atoms with E-state index in [4.69, 9.17) is 15.9 Å². The maximum Gasteiger partial charge on any atom is 0.162 e. The van der Waals surface area contributed by atoms with Gasteiger partial charge in [-0.3, -0.25) is 0 Å². The number of ether oxygens (including phenoxy) is 2. The van der Waals surface area contributed by atoms with E-state index in [0.29, 0.717) is 11.5 Å². The quantitative estimate of drug-likeness (QED) is 0.834. The zero-order valence-electron chi connectivity index (χ0n) is 11.6. The third kappa shape index (κ3) is 3.74. The molecular weight excluding hydrogens is 290 g/mol. The fourth-order valence-electron chi connectivity index (χ4n) is 1.89. The molecule has 2 aromatic rings. The van der Waals surface area contributed by atoms with Crippen molar-refractivity contribution in [1.82, 2.24) is 0 Å². The molecular formula is C17H14F2O3. The Balaban J connectivity index is 2.09. The molecule has 0 heterocycles. The number of para-hydroxylation sites is 2. The predicted molar refractivity (Wildman–Crippen MR) is 77.6 cm³/mol. The minimum atomic E-state index is -1.44. The van der Waals surface area contributed by atoms with E-state index < -0.39 is 23.3 Å². The van der Waals surface area contributed by atoms with E-state index in [-0.39, 0.29) is 13.2 Å². The second-order valence-corrected chi connectivity index (χ2v) is 4.40. The van der Waals surface area contributed by atoms with Gasteiger partial charge in [0, 0.05) is 0 Å². The Morgan fingerprint density at radius 2 is 1.59 bits per heavy atom. The molecule has 0 radical (unpaired) electrons. The van der Waals surface area contributed by atoms with E-state index >= 15 is 0 Å². The SMILES string of the molecule is C#CCOc1ccccc1OCC(O)c1c(F)cccc1F. The van der Waals surface area contributed by atoms with Gasteiger partial charge in [-0.15, -0.1) is 6.42 Å². The van der Waals surface area contributed by atoms with Crippen molar-refractivity contribution >= 4 is 0 Å². The molecule has 0 fully saturated rings. The average Bonchev–Trinajstić information content (AvgIpc) is 2.51. The van der Waals surface area contributed by atoms with Crippen LogP contribution < -0.4 is 9.47 Å². The Kier molecular flexibility index (Phi) is 5.34. The van der Waals surface area contributed by atoms with Crippen LogP contribution in [0.15, 0.2) is 42.5 Å². The van der Waals surface area contributed by atoms with Gasteiger partial charge < -0.3 is 14.6 Å². The van der Waals surface area contributed by atoms with Crippen LogP contribution in [0, 0.1) is 24.0 Å². The molecule has 1 atom stereocenters. The van der Waals surface area contributed by atoms with E-state index in [1.54, 1.807) is 24.3 Å². The molecule has 114 valence electrons. The van der Waals surface area contributed by atoms with Gasteiger partial charge in [0.25, 0.3) is 0 Å². The summed E-state index contributed by atoms with van der Waals surface area (Å²) in [5.41, 5.74) is -0.426. The van der Waals surface area contributed by atoms with Crippen LogP contribution in [0.3, 0.4) is 0 Å². The van der Waals surface area contributed by atoms with Gasteiger partial charge in [-0.25, -0.2) is 8.78 Å². The van der Waals surface area contributed by atoms with Crippen molar-refractivity contribution in [2.24, 2.45) is 0 Å². The first kappa shape index (κ1) is 15.8. The number of terminal acetylenes is 1. The lowest BCUT2D eigenvalue weighted by Gasteiger charge is -2.16. The number of aliphatic hydroxyl groups is 1. The van der Waals surface area contributed by atoms with Crippen molar-refractivity contribution in [2.75, 3.05) is 13.2 Å². The molecule has 2 rings (SSSR count). The Labute approximate surface area is 127 Å². The van der Waals surface area contributed by atoms with Crippen molar-refractivity contribution in [3.8, 4) is 23.8 Å². The molecule has 0 aliphatic heterocycles. The molecule has 1 unspecified atom stereocenters. The highest BCUT2D eigenvalue weighted by Gasteiger charge is 2.19. The number of hydrogen-bond acceptors (Lipinski definition) is 3. The number of aliphatic hydroxyl groups excluding tert-OH is 1. The van der Waals surface area contributed by atoms with Gasteiger partial charge >= 0.3 is 0 Å². The third-order valence-corrected chi connectivity index (χ3v) is 2.89. The Bertz CT molecular complexity index is 660. The summed E-state index contributed by atoms with van der Waals surface area (Å²) in [5.74, 6) is 1.39. The molecule has 22 heavy (non-hydrogen) atoms. The van der Waals surface area contributed by atoms with E-state index in [9.17, 15) is 13.9 Å². The first-order valence-electron chi connectivity index (χ1n) is 6.53. The lowest BCUT2D eigenvalue weighted by molar-refractivity contribution is 0.0994. The largest absolute Gasteiger partial charge is 0.487 e. The highest BCUT2D eigenvalue weighted by molar-refractivity contribution is 5.39. The summed E-state index contributed by atoms with van der Waals surface area (Å²) in [6.07, 6.45) is 3.68. The van der Waals surface area contributed by atoms with Gasteiger partial charge in [-0.2, -0.15) is 0 Å². The van der Waals surface area contributed by atoms with Gasteiger partial charge in [0.1, 0.15) is 31.0 Å². The Morgan fingerprint density at radius 1 is 1.00 bits per heavy atom. The van der Waals surface area contributed by atoms with Gasteiger partial charge in [-0.1, -0.05) is 24.1 Å². The number of benzene rings is 2. The topological polar surface area (TPSA) is 38.7 Å². The van der Waals surface area contributed by atoms with E-state index in [1.165, 1.54) is 6.07 Å². The number of halogens is 2. The summed E-state index contributed by atoms with van der Waals surface area (Å²) in [6, 6.07) is 10.1. The van der Waals surface area contributed by atoms with Crippen molar-refractivity contribution < 1.29 is 23.4 Å². The molecule has 0 aliphatic rings. The summed E-state index contributed by atoms with van der Waals surface area (Å²) in [5, 5.41) is 9.93. The summed E-state index contributed by atoms with van der Waals surface area (Å²) in [6.45, 7) is -0.265. The van der Waals surface area contributed by atoms with Crippen molar-refractivity contribution in [2.45, 2.75) is 6.10 Å². The van der Waals surface area contributed by atoms with Crippen molar-refractivity contribution in [1.29, 1.82) is 0 Å². The summed E-state index contributed by atoms with van der Waals surface area (Å²) >= 11 is 0.